The molecule has 3 rings (SSSR count). The summed E-state index contributed by atoms with van der Waals surface area (Å²) in [6, 6.07) is 17.4. The molecule has 2 aromatic rings. The molecule has 0 unspecified atom stereocenters. The number of nitriles is 1. The minimum Gasteiger partial charge on any atom is -0.489 e. The Kier molecular flexibility index (Phi) is 6.87. The number of carbonyl (C=O) groups excluding carboxylic acids is 1. The highest BCUT2D eigenvalue weighted by Gasteiger charge is 2.16. The first-order chi connectivity index (χ1) is 13.2. The SMILES string of the molecule is N#CCc1ccc(OCc2ccccc2NC(=O)CCC2CCCC2)cc1. The van der Waals surface area contributed by atoms with E-state index >= 15 is 0 Å². The van der Waals surface area contributed by atoms with E-state index in [2.05, 4.69) is 11.4 Å². The van der Waals surface area contributed by atoms with Crippen molar-refractivity contribution in [2.45, 2.75) is 51.6 Å². The molecular weight excluding hydrogens is 336 g/mol. The number of para-hydroxylation sites is 1. The molecule has 1 fully saturated rings. The Morgan fingerprint density at radius 3 is 2.59 bits per heavy atom. The lowest BCUT2D eigenvalue weighted by Gasteiger charge is -2.13. The Labute approximate surface area is 161 Å². The van der Waals surface area contributed by atoms with E-state index in [0.29, 0.717) is 19.4 Å². The maximum absolute atomic E-state index is 12.3. The molecule has 1 saturated carbocycles. The Morgan fingerprint density at radius 1 is 1.11 bits per heavy atom. The standard InChI is InChI=1S/C23H26N2O2/c24-16-15-19-9-12-21(13-10-19)27-17-20-7-3-4-8-22(20)25-23(26)14-11-18-5-1-2-6-18/h3-4,7-10,12-13,18H,1-2,5-6,11,14-15,17H2,(H,25,26). The molecule has 0 radical (unpaired) electrons. The zero-order valence-electron chi connectivity index (χ0n) is 15.6. The van der Waals surface area contributed by atoms with Gasteiger partial charge in [0.15, 0.2) is 0 Å². The summed E-state index contributed by atoms with van der Waals surface area (Å²) in [5.41, 5.74) is 2.74. The first kappa shape index (κ1) is 19.0. The second kappa shape index (κ2) is 9.78. The van der Waals surface area contributed by atoms with E-state index < -0.39 is 0 Å². The highest BCUT2D eigenvalue weighted by molar-refractivity contribution is 5.91. The van der Waals surface area contributed by atoms with E-state index in [4.69, 9.17) is 10.00 Å². The molecule has 4 heteroatoms. The van der Waals surface area contributed by atoms with Crippen LogP contribution in [0.1, 0.15) is 49.7 Å². The number of carbonyl (C=O) groups is 1. The van der Waals surface area contributed by atoms with Crippen LogP contribution in [-0.4, -0.2) is 5.91 Å². The normalized spacial score (nSPS) is 13.9. The van der Waals surface area contributed by atoms with Crippen molar-refractivity contribution in [1.29, 1.82) is 5.26 Å². The predicted molar refractivity (Wildman–Crippen MR) is 106 cm³/mol. The molecule has 0 spiro atoms. The number of amides is 1. The van der Waals surface area contributed by atoms with Crippen molar-refractivity contribution in [1.82, 2.24) is 0 Å². The average molecular weight is 362 g/mol. The van der Waals surface area contributed by atoms with E-state index in [1.165, 1.54) is 25.7 Å². The molecular formula is C23H26N2O2. The topological polar surface area (TPSA) is 62.1 Å². The van der Waals surface area contributed by atoms with Crippen LogP contribution in [0.25, 0.3) is 0 Å². The van der Waals surface area contributed by atoms with E-state index in [1.807, 2.05) is 48.5 Å². The van der Waals surface area contributed by atoms with Crippen LogP contribution in [0.4, 0.5) is 5.69 Å². The van der Waals surface area contributed by atoms with Gasteiger partial charge in [-0.05, 0) is 36.1 Å². The summed E-state index contributed by atoms with van der Waals surface area (Å²) in [7, 11) is 0. The largest absolute Gasteiger partial charge is 0.489 e. The van der Waals surface area contributed by atoms with Gasteiger partial charge in [0.25, 0.3) is 0 Å². The number of ether oxygens (including phenoxy) is 1. The van der Waals surface area contributed by atoms with Gasteiger partial charge in [-0.1, -0.05) is 56.0 Å². The predicted octanol–water partition coefficient (Wildman–Crippen LogP) is 5.24. The minimum absolute atomic E-state index is 0.0789. The van der Waals surface area contributed by atoms with Gasteiger partial charge in [-0.15, -0.1) is 0 Å². The number of hydrogen-bond donors (Lipinski definition) is 1. The number of nitrogens with zero attached hydrogens (tertiary/aromatic N) is 1. The number of benzene rings is 2. The number of nitrogens with one attached hydrogen (secondary N) is 1. The first-order valence-electron chi connectivity index (χ1n) is 9.71. The zero-order chi connectivity index (χ0) is 18.9. The lowest BCUT2D eigenvalue weighted by atomic mass is 10.0. The quantitative estimate of drug-likeness (QED) is 0.698. The van der Waals surface area contributed by atoms with E-state index in [1.54, 1.807) is 0 Å². The molecule has 1 N–H and O–H groups in total. The fourth-order valence-corrected chi connectivity index (χ4v) is 3.57. The molecule has 0 saturated heterocycles. The summed E-state index contributed by atoms with van der Waals surface area (Å²) in [6.45, 7) is 0.386. The monoisotopic (exact) mass is 362 g/mol. The van der Waals surface area contributed by atoms with Gasteiger partial charge >= 0.3 is 0 Å². The summed E-state index contributed by atoms with van der Waals surface area (Å²) >= 11 is 0. The lowest BCUT2D eigenvalue weighted by Crippen LogP contribution is -2.14. The summed E-state index contributed by atoms with van der Waals surface area (Å²) in [5, 5.41) is 11.8. The van der Waals surface area contributed by atoms with Crippen molar-refractivity contribution in [3.05, 3.63) is 59.7 Å². The average Bonchev–Trinajstić information content (AvgIpc) is 3.21. The van der Waals surface area contributed by atoms with Crippen LogP contribution in [0.5, 0.6) is 5.75 Å². The van der Waals surface area contributed by atoms with Crippen molar-refractivity contribution in [2.75, 3.05) is 5.32 Å². The van der Waals surface area contributed by atoms with Crippen LogP contribution in [0.15, 0.2) is 48.5 Å². The Balaban J connectivity index is 1.53. The molecule has 0 atom stereocenters. The van der Waals surface area contributed by atoms with Crippen molar-refractivity contribution in [2.24, 2.45) is 5.92 Å². The van der Waals surface area contributed by atoms with Crippen molar-refractivity contribution in [3.63, 3.8) is 0 Å². The third-order valence-corrected chi connectivity index (χ3v) is 5.15. The molecule has 1 amide bonds. The molecule has 0 bridgehead atoms. The number of anilines is 1. The summed E-state index contributed by atoms with van der Waals surface area (Å²) in [4.78, 5) is 12.3. The van der Waals surface area contributed by atoms with Gasteiger partial charge < -0.3 is 10.1 Å². The van der Waals surface area contributed by atoms with Gasteiger partial charge in [0, 0.05) is 17.7 Å². The van der Waals surface area contributed by atoms with Crippen LogP contribution in [-0.2, 0) is 17.8 Å². The Hall–Kier alpha value is -2.80. The molecule has 2 aromatic carbocycles. The summed E-state index contributed by atoms with van der Waals surface area (Å²) < 4.78 is 5.85. The van der Waals surface area contributed by atoms with Gasteiger partial charge in [-0.3, -0.25) is 4.79 Å². The first-order valence-corrected chi connectivity index (χ1v) is 9.71. The third kappa shape index (κ3) is 5.86. The van der Waals surface area contributed by atoms with E-state index in [0.717, 1.165) is 34.9 Å². The molecule has 4 nitrogen and oxygen atoms in total. The van der Waals surface area contributed by atoms with Gasteiger partial charge in [0.2, 0.25) is 5.91 Å². The number of rotatable bonds is 8. The Bertz CT molecular complexity index is 787. The van der Waals surface area contributed by atoms with Gasteiger partial charge in [0.1, 0.15) is 12.4 Å². The van der Waals surface area contributed by atoms with Gasteiger partial charge in [0.05, 0.1) is 12.5 Å². The molecule has 0 aliphatic heterocycles. The minimum atomic E-state index is 0.0789. The third-order valence-electron chi connectivity index (χ3n) is 5.15. The van der Waals surface area contributed by atoms with Crippen LogP contribution in [0.3, 0.4) is 0 Å². The Morgan fingerprint density at radius 2 is 1.85 bits per heavy atom. The fraction of sp³-hybridized carbons (Fsp3) is 0.391. The van der Waals surface area contributed by atoms with Crippen LogP contribution < -0.4 is 10.1 Å². The summed E-state index contributed by atoms with van der Waals surface area (Å²) in [5.74, 6) is 1.55. The second-order valence-corrected chi connectivity index (χ2v) is 7.16. The van der Waals surface area contributed by atoms with Crippen molar-refractivity contribution >= 4 is 11.6 Å². The van der Waals surface area contributed by atoms with Crippen molar-refractivity contribution < 1.29 is 9.53 Å². The zero-order valence-corrected chi connectivity index (χ0v) is 15.6. The maximum Gasteiger partial charge on any atom is 0.224 e. The van der Waals surface area contributed by atoms with Gasteiger partial charge in [-0.25, -0.2) is 0 Å². The smallest absolute Gasteiger partial charge is 0.224 e. The highest BCUT2D eigenvalue weighted by atomic mass is 16.5. The van der Waals surface area contributed by atoms with E-state index in [9.17, 15) is 4.79 Å². The summed E-state index contributed by atoms with van der Waals surface area (Å²) in [6.07, 6.45) is 7.12. The van der Waals surface area contributed by atoms with Crippen LogP contribution in [0, 0.1) is 17.2 Å². The molecule has 1 aliphatic rings. The fourth-order valence-electron chi connectivity index (χ4n) is 3.57. The molecule has 0 heterocycles. The number of hydrogen-bond acceptors (Lipinski definition) is 3. The molecule has 140 valence electrons. The lowest BCUT2D eigenvalue weighted by molar-refractivity contribution is -0.116. The van der Waals surface area contributed by atoms with Crippen molar-refractivity contribution in [3.8, 4) is 11.8 Å². The maximum atomic E-state index is 12.3. The highest BCUT2D eigenvalue weighted by Crippen LogP contribution is 2.28. The molecule has 0 aromatic heterocycles. The van der Waals surface area contributed by atoms with E-state index in [-0.39, 0.29) is 5.91 Å². The molecule has 1 aliphatic carbocycles. The second-order valence-electron chi connectivity index (χ2n) is 7.16. The van der Waals surface area contributed by atoms with Gasteiger partial charge in [-0.2, -0.15) is 5.26 Å². The van der Waals surface area contributed by atoms with Crippen LogP contribution >= 0.6 is 0 Å². The molecule has 27 heavy (non-hydrogen) atoms. The van der Waals surface area contributed by atoms with Crippen LogP contribution in [0.2, 0.25) is 0 Å².